The van der Waals surface area contributed by atoms with E-state index in [0.717, 1.165) is 39.1 Å². The number of rotatable bonds is 9. The Morgan fingerprint density at radius 1 is 1.43 bits per heavy atom. The summed E-state index contributed by atoms with van der Waals surface area (Å²) in [6, 6.07) is 0. The first-order valence-electron chi connectivity index (χ1n) is 8.24. The highest BCUT2D eigenvalue weighted by atomic mass is 16.5. The summed E-state index contributed by atoms with van der Waals surface area (Å²) >= 11 is 0. The second-order valence-electron chi connectivity index (χ2n) is 6.08. The van der Waals surface area contributed by atoms with Crippen LogP contribution in [0.1, 0.15) is 46.5 Å². The number of likely N-dealkylation sites (N-methyl/N-ethyl adjacent to an activating group) is 2. The number of ether oxygens (including phenoxy) is 2. The van der Waals surface area contributed by atoms with E-state index in [1.165, 1.54) is 12.8 Å². The number of nitrogens with zero attached hydrogens (tertiary/aromatic N) is 1. The second-order valence-corrected chi connectivity index (χ2v) is 6.08. The molecule has 0 bridgehead atoms. The average molecular weight is 300 g/mol. The van der Waals surface area contributed by atoms with Crippen molar-refractivity contribution in [3.63, 3.8) is 0 Å². The number of hydrogen-bond donors (Lipinski definition) is 1. The van der Waals surface area contributed by atoms with Gasteiger partial charge in [0.1, 0.15) is 5.54 Å². The van der Waals surface area contributed by atoms with Crippen LogP contribution in [0.2, 0.25) is 0 Å². The summed E-state index contributed by atoms with van der Waals surface area (Å²) in [6.07, 6.45) is 4.67. The molecule has 2 unspecified atom stereocenters. The van der Waals surface area contributed by atoms with Gasteiger partial charge in [0.05, 0.1) is 12.7 Å². The van der Waals surface area contributed by atoms with Gasteiger partial charge in [-0.1, -0.05) is 6.92 Å². The first-order valence-corrected chi connectivity index (χ1v) is 8.24. The maximum atomic E-state index is 12.1. The molecular weight excluding hydrogens is 268 g/mol. The summed E-state index contributed by atoms with van der Waals surface area (Å²) in [5, 5.41) is 3.27. The minimum absolute atomic E-state index is 0.158. The van der Waals surface area contributed by atoms with Crippen LogP contribution in [0.5, 0.6) is 0 Å². The number of esters is 1. The number of carbonyl (C=O) groups is 1. The summed E-state index contributed by atoms with van der Waals surface area (Å²) < 4.78 is 11.0. The lowest BCUT2D eigenvalue weighted by molar-refractivity contribution is -0.151. The third-order valence-corrected chi connectivity index (χ3v) is 4.08. The molecule has 0 radical (unpaired) electrons. The van der Waals surface area contributed by atoms with Crippen molar-refractivity contribution in [2.24, 2.45) is 0 Å². The Hall–Kier alpha value is -0.650. The maximum absolute atomic E-state index is 12.1. The van der Waals surface area contributed by atoms with Crippen LogP contribution >= 0.6 is 0 Å². The van der Waals surface area contributed by atoms with Crippen LogP contribution in [-0.4, -0.2) is 62.4 Å². The van der Waals surface area contributed by atoms with Crippen LogP contribution in [0.25, 0.3) is 0 Å². The first-order chi connectivity index (χ1) is 10.0. The van der Waals surface area contributed by atoms with Crippen molar-refractivity contribution >= 4 is 5.97 Å². The van der Waals surface area contributed by atoms with Crippen molar-refractivity contribution in [1.29, 1.82) is 0 Å². The summed E-state index contributed by atoms with van der Waals surface area (Å²) in [5.74, 6) is -0.158. The van der Waals surface area contributed by atoms with Crippen molar-refractivity contribution < 1.29 is 14.3 Å². The molecule has 0 aliphatic carbocycles. The van der Waals surface area contributed by atoms with E-state index in [9.17, 15) is 4.79 Å². The fourth-order valence-electron chi connectivity index (χ4n) is 2.75. The summed E-state index contributed by atoms with van der Waals surface area (Å²) in [5.41, 5.74) is -0.605. The minimum Gasteiger partial charge on any atom is -0.465 e. The Balaban J connectivity index is 2.41. The highest BCUT2D eigenvalue weighted by Gasteiger charge is 2.33. The molecular formula is C16H32N2O3. The smallest absolute Gasteiger partial charge is 0.326 e. The predicted octanol–water partition coefficient (Wildman–Crippen LogP) is 1.81. The molecule has 124 valence electrons. The van der Waals surface area contributed by atoms with E-state index in [-0.39, 0.29) is 5.97 Å². The molecule has 1 aliphatic rings. The van der Waals surface area contributed by atoms with Crippen LogP contribution in [0.15, 0.2) is 0 Å². The molecule has 1 rings (SSSR count). The van der Waals surface area contributed by atoms with Crippen LogP contribution in [0.4, 0.5) is 0 Å². The van der Waals surface area contributed by atoms with Gasteiger partial charge < -0.3 is 19.7 Å². The van der Waals surface area contributed by atoms with Crippen molar-refractivity contribution in [2.45, 2.75) is 58.1 Å². The number of carbonyl (C=O) groups excluding carboxylic acids is 1. The molecule has 2 atom stereocenters. The molecule has 1 fully saturated rings. The molecule has 21 heavy (non-hydrogen) atoms. The molecule has 1 aliphatic heterocycles. The van der Waals surface area contributed by atoms with E-state index in [2.05, 4.69) is 17.3 Å². The minimum atomic E-state index is -0.605. The Morgan fingerprint density at radius 2 is 2.19 bits per heavy atom. The van der Waals surface area contributed by atoms with E-state index >= 15 is 0 Å². The van der Waals surface area contributed by atoms with Crippen LogP contribution in [-0.2, 0) is 14.3 Å². The normalized spacial score (nSPS) is 22.0. The highest BCUT2D eigenvalue weighted by Crippen LogP contribution is 2.16. The fraction of sp³-hybridized carbons (Fsp3) is 0.938. The van der Waals surface area contributed by atoms with Crippen molar-refractivity contribution in [3.8, 4) is 0 Å². The Kier molecular flexibility index (Phi) is 8.22. The van der Waals surface area contributed by atoms with Gasteiger partial charge in [0, 0.05) is 19.7 Å². The van der Waals surface area contributed by atoms with Gasteiger partial charge in [-0.05, 0) is 53.1 Å². The SMILES string of the molecule is CCNC(C)(CCN(C)CC1CCCCO1)C(=O)OCC. The molecule has 1 N–H and O–H groups in total. The van der Waals surface area contributed by atoms with Gasteiger partial charge in [-0.3, -0.25) is 4.79 Å². The van der Waals surface area contributed by atoms with E-state index in [4.69, 9.17) is 9.47 Å². The zero-order chi connectivity index (χ0) is 15.7. The highest BCUT2D eigenvalue weighted by molar-refractivity contribution is 5.80. The van der Waals surface area contributed by atoms with Gasteiger partial charge >= 0.3 is 5.97 Å². The zero-order valence-corrected chi connectivity index (χ0v) is 14.1. The molecule has 5 heteroatoms. The van der Waals surface area contributed by atoms with Crippen molar-refractivity contribution in [2.75, 3.05) is 39.9 Å². The van der Waals surface area contributed by atoms with E-state index in [0.29, 0.717) is 12.7 Å². The Labute approximate surface area is 129 Å². The molecule has 0 amide bonds. The van der Waals surface area contributed by atoms with Crippen LogP contribution < -0.4 is 5.32 Å². The molecule has 1 heterocycles. The monoisotopic (exact) mass is 300 g/mol. The predicted molar refractivity (Wildman–Crippen MR) is 84.4 cm³/mol. The lowest BCUT2D eigenvalue weighted by atomic mass is 9.97. The standard InChI is InChI=1S/C16H32N2O3/c1-5-17-16(3,15(19)20-6-2)10-11-18(4)13-14-9-7-8-12-21-14/h14,17H,5-13H2,1-4H3. The van der Waals surface area contributed by atoms with Crippen LogP contribution in [0.3, 0.4) is 0 Å². The van der Waals surface area contributed by atoms with Gasteiger partial charge in [-0.25, -0.2) is 0 Å². The van der Waals surface area contributed by atoms with Gasteiger partial charge in [0.25, 0.3) is 0 Å². The van der Waals surface area contributed by atoms with Crippen molar-refractivity contribution in [3.05, 3.63) is 0 Å². The zero-order valence-electron chi connectivity index (χ0n) is 14.1. The van der Waals surface area contributed by atoms with Crippen molar-refractivity contribution in [1.82, 2.24) is 10.2 Å². The van der Waals surface area contributed by atoms with E-state index < -0.39 is 5.54 Å². The van der Waals surface area contributed by atoms with Gasteiger partial charge in [0.15, 0.2) is 0 Å². The van der Waals surface area contributed by atoms with Crippen LogP contribution in [0, 0.1) is 0 Å². The lowest BCUT2D eigenvalue weighted by Gasteiger charge is -2.32. The topological polar surface area (TPSA) is 50.8 Å². The molecule has 0 aromatic heterocycles. The largest absolute Gasteiger partial charge is 0.465 e. The quantitative estimate of drug-likeness (QED) is 0.658. The lowest BCUT2D eigenvalue weighted by Crippen LogP contribution is -2.52. The average Bonchev–Trinajstić information content (AvgIpc) is 2.47. The summed E-state index contributed by atoms with van der Waals surface area (Å²) in [4.78, 5) is 14.4. The fourth-order valence-corrected chi connectivity index (χ4v) is 2.75. The summed E-state index contributed by atoms with van der Waals surface area (Å²) in [6.45, 7) is 9.63. The number of nitrogens with one attached hydrogen (secondary N) is 1. The maximum Gasteiger partial charge on any atom is 0.326 e. The number of hydrogen-bond acceptors (Lipinski definition) is 5. The Bertz CT molecular complexity index is 306. The molecule has 0 aromatic rings. The first kappa shape index (κ1) is 18.4. The third kappa shape index (κ3) is 6.32. The molecule has 5 nitrogen and oxygen atoms in total. The van der Waals surface area contributed by atoms with Gasteiger partial charge in [-0.2, -0.15) is 0 Å². The van der Waals surface area contributed by atoms with E-state index in [1.807, 2.05) is 20.8 Å². The molecule has 0 spiro atoms. The van der Waals surface area contributed by atoms with E-state index in [1.54, 1.807) is 0 Å². The molecule has 1 saturated heterocycles. The summed E-state index contributed by atoms with van der Waals surface area (Å²) in [7, 11) is 2.09. The second kappa shape index (κ2) is 9.38. The Morgan fingerprint density at radius 3 is 2.76 bits per heavy atom. The van der Waals surface area contributed by atoms with Gasteiger partial charge in [0.2, 0.25) is 0 Å². The third-order valence-electron chi connectivity index (χ3n) is 4.08. The van der Waals surface area contributed by atoms with Gasteiger partial charge in [-0.15, -0.1) is 0 Å². The molecule has 0 aromatic carbocycles. The molecule has 0 saturated carbocycles.